The third-order valence-electron chi connectivity index (χ3n) is 0.659. The summed E-state index contributed by atoms with van der Waals surface area (Å²) in [5.74, 6) is -0.757. The zero-order chi connectivity index (χ0) is 6.57. The first-order valence-corrected chi connectivity index (χ1v) is 2.10. The molecule has 0 spiro atoms. The van der Waals surface area contributed by atoms with Crippen molar-refractivity contribution in [2.45, 2.75) is 6.36 Å². The molecule has 0 aromatic rings. The minimum atomic E-state index is -1.83. The maximum Gasteiger partial charge on any atom is 0.281 e. The molecule has 1 atom stereocenters. The van der Waals surface area contributed by atoms with Gasteiger partial charge in [-0.3, -0.25) is 4.79 Å². The smallest absolute Gasteiger partial charge is 0.281 e. The lowest BCUT2D eigenvalue weighted by Gasteiger charge is -2.01. The minimum absolute atomic E-state index is 0.757. The Kier molecular flexibility index (Phi) is 3.10. The molecule has 0 aromatic carbocycles. The average Bonchev–Trinajstić information content (AvgIpc) is 1.84. The highest BCUT2D eigenvalue weighted by Gasteiger charge is 2.11. The van der Waals surface area contributed by atoms with Gasteiger partial charge in [0.25, 0.3) is 12.3 Å². The van der Waals surface area contributed by atoms with Crippen LogP contribution in [0.3, 0.4) is 0 Å². The van der Waals surface area contributed by atoms with Crippen molar-refractivity contribution < 1.29 is 13.9 Å². The van der Waals surface area contributed by atoms with Gasteiger partial charge in [0.05, 0.1) is 0 Å². The Morgan fingerprint density at radius 3 is 2.50 bits per heavy atom. The van der Waals surface area contributed by atoms with Gasteiger partial charge in [0.15, 0.2) is 0 Å². The molecule has 0 aromatic heterocycles. The van der Waals surface area contributed by atoms with Crippen LogP contribution in [0.15, 0.2) is 0 Å². The van der Waals surface area contributed by atoms with Crippen molar-refractivity contribution in [3.63, 3.8) is 0 Å². The molecule has 1 N–H and O–H groups in total. The van der Waals surface area contributed by atoms with Crippen LogP contribution in [0.2, 0.25) is 0 Å². The van der Waals surface area contributed by atoms with Crippen LogP contribution in [0, 0.1) is 0 Å². The SMILES string of the molecule is CNC(=O)C(F)OC. The van der Waals surface area contributed by atoms with Crippen LogP contribution < -0.4 is 5.32 Å². The van der Waals surface area contributed by atoms with Crippen molar-refractivity contribution >= 4 is 5.91 Å². The Bertz CT molecular complexity index is 86.1. The van der Waals surface area contributed by atoms with E-state index in [0.29, 0.717) is 0 Å². The Morgan fingerprint density at radius 2 is 2.38 bits per heavy atom. The first-order valence-electron chi connectivity index (χ1n) is 2.10. The third-order valence-corrected chi connectivity index (χ3v) is 0.659. The number of ether oxygens (including phenoxy) is 1. The van der Waals surface area contributed by atoms with Crippen molar-refractivity contribution in [3.05, 3.63) is 0 Å². The Hall–Kier alpha value is -0.640. The van der Waals surface area contributed by atoms with E-state index in [0.717, 1.165) is 7.11 Å². The van der Waals surface area contributed by atoms with Gasteiger partial charge in [-0.2, -0.15) is 0 Å². The quantitative estimate of drug-likeness (QED) is 0.543. The summed E-state index contributed by atoms with van der Waals surface area (Å²) < 4.78 is 15.9. The molecule has 3 nitrogen and oxygen atoms in total. The highest BCUT2D eigenvalue weighted by atomic mass is 19.1. The van der Waals surface area contributed by atoms with E-state index in [4.69, 9.17) is 0 Å². The van der Waals surface area contributed by atoms with Crippen molar-refractivity contribution in [3.8, 4) is 0 Å². The molecule has 0 rings (SSSR count). The molecule has 0 heterocycles. The molecule has 0 radical (unpaired) electrons. The van der Waals surface area contributed by atoms with E-state index in [9.17, 15) is 9.18 Å². The summed E-state index contributed by atoms with van der Waals surface area (Å²) in [4.78, 5) is 10.1. The van der Waals surface area contributed by atoms with Crippen LogP contribution in [-0.4, -0.2) is 26.4 Å². The van der Waals surface area contributed by atoms with Gasteiger partial charge in [0.2, 0.25) is 0 Å². The molecule has 0 bridgehead atoms. The van der Waals surface area contributed by atoms with Gasteiger partial charge >= 0.3 is 0 Å². The van der Waals surface area contributed by atoms with Crippen LogP contribution in [-0.2, 0) is 9.53 Å². The van der Waals surface area contributed by atoms with E-state index in [-0.39, 0.29) is 0 Å². The predicted octanol–water partition coefficient (Wildman–Crippen LogP) is -0.326. The van der Waals surface area contributed by atoms with Crippen LogP contribution in [0.4, 0.5) is 4.39 Å². The van der Waals surface area contributed by atoms with E-state index in [2.05, 4.69) is 10.1 Å². The Morgan fingerprint density at radius 1 is 1.88 bits per heavy atom. The summed E-state index contributed by atoms with van der Waals surface area (Å²) >= 11 is 0. The summed E-state index contributed by atoms with van der Waals surface area (Å²) in [6.07, 6.45) is -1.83. The Balaban J connectivity index is 3.46. The molecule has 0 aliphatic heterocycles. The van der Waals surface area contributed by atoms with E-state index in [1.54, 1.807) is 0 Å². The second-order valence-electron chi connectivity index (χ2n) is 1.17. The summed E-state index contributed by atoms with van der Waals surface area (Å²) in [7, 11) is 2.47. The number of nitrogens with one attached hydrogen (secondary N) is 1. The van der Waals surface area contributed by atoms with Crippen molar-refractivity contribution in [2.24, 2.45) is 0 Å². The minimum Gasteiger partial charge on any atom is -0.354 e. The molecule has 8 heavy (non-hydrogen) atoms. The summed E-state index contributed by atoms with van der Waals surface area (Å²) in [5.41, 5.74) is 0. The van der Waals surface area contributed by atoms with Crippen molar-refractivity contribution in [1.29, 1.82) is 0 Å². The predicted molar refractivity (Wildman–Crippen MR) is 26.0 cm³/mol. The fourth-order valence-electron chi connectivity index (χ4n) is 0.221. The van der Waals surface area contributed by atoms with E-state index in [1.807, 2.05) is 0 Å². The number of carbonyl (C=O) groups is 1. The number of carbonyl (C=O) groups excluding carboxylic acids is 1. The first kappa shape index (κ1) is 7.36. The molecule has 4 heteroatoms. The first-order chi connectivity index (χ1) is 3.72. The average molecular weight is 121 g/mol. The lowest BCUT2D eigenvalue weighted by atomic mass is 10.6. The number of likely N-dealkylation sites (N-methyl/N-ethyl adjacent to an activating group) is 1. The molecule has 0 saturated carbocycles. The van der Waals surface area contributed by atoms with Gasteiger partial charge in [0.1, 0.15) is 0 Å². The van der Waals surface area contributed by atoms with Crippen LogP contribution in [0.5, 0.6) is 0 Å². The molecular weight excluding hydrogens is 113 g/mol. The number of alkyl halides is 1. The molecule has 1 unspecified atom stereocenters. The standard InChI is InChI=1S/C4H8FNO2/c1-6-4(7)3(5)8-2/h3H,1-2H3,(H,6,7). The largest absolute Gasteiger partial charge is 0.354 e. The van der Waals surface area contributed by atoms with Gasteiger partial charge in [0, 0.05) is 14.2 Å². The van der Waals surface area contributed by atoms with Gasteiger partial charge < -0.3 is 10.1 Å². The summed E-state index contributed by atoms with van der Waals surface area (Å²) in [6.45, 7) is 0. The third kappa shape index (κ3) is 1.88. The topological polar surface area (TPSA) is 38.3 Å². The lowest BCUT2D eigenvalue weighted by molar-refractivity contribution is -0.140. The lowest BCUT2D eigenvalue weighted by Crippen LogP contribution is -2.29. The van der Waals surface area contributed by atoms with Gasteiger partial charge in [-0.05, 0) is 0 Å². The van der Waals surface area contributed by atoms with E-state index in [1.165, 1.54) is 7.05 Å². The number of hydrogen-bond donors (Lipinski definition) is 1. The monoisotopic (exact) mass is 121 g/mol. The van der Waals surface area contributed by atoms with Crippen LogP contribution in [0.25, 0.3) is 0 Å². The maximum atomic E-state index is 11.9. The normalized spacial score (nSPS) is 12.9. The highest BCUT2D eigenvalue weighted by molar-refractivity contribution is 5.78. The number of rotatable bonds is 2. The number of amides is 1. The molecule has 1 amide bonds. The van der Waals surface area contributed by atoms with Crippen LogP contribution >= 0.6 is 0 Å². The molecule has 0 saturated heterocycles. The van der Waals surface area contributed by atoms with E-state index < -0.39 is 12.3 Å². The zero-order valence-corrected chi connectivity index (χ0v) is 4.77. The second-order valence-corrected chi connectivity index (χ2v) is 1.17. The number of methoxy groups -OCH3 is 1. The highest BCUT2D eigenvalue weighted by Crippen LogP contribution is 1.87. The summed E-state index contributed by atoms with van der Waals surface area (Å²) in [5, 5.41) is 2.08. The van der Waals surface area contributed by atoms with Gasteiger partial charge in [-0.15, -0.1) is 0 Å². The number of hydrogen-bond acceptors (Lipinski definition) is 2. The van der Waals surface area contributed by atoms with Crippen molar-refractivity contribution in [2.75, 3.05) is 14.2 Å². The Labute approximate surface area is 46.8 Å². The zero-order valence-electron chi connectivity index (χ0n) is 4.77. The van der Waals surface area contributed by atoms with Crippen molar-refractivity contribution in [1.82, 2.24) is 5.32 Å². The fourth-order valence-corrected chi connectivity index (χ4v) is 0.221. The fraction of sp³-hybridized carbons (Fsp3) is 0.750. The van der Waals surface area contributed by atoms with Crippen LogP contribution in [0.1, 0.15) is 0 Å². The molecule has 0 aliphatic rings. The molecule has 48 valence electrons. The van der Waals surface area contributed by atoms with Gasteiger partial charge in [-0.25, -0.2) is 4.39 Å². The van der Waals surface area contributed by atoms with E-state index >= 15 is 0 Å². The molecule has 0 fully saturated rings. The van der Waals surface area contributed by atoms with Gasteiger partial charge in [-0.1, -0.05) is 0 Å². The molecule has 0 aliphatic carbocycles. The molecular formula is C4H8FNO2. The summed E-state index contributed by atoms with van der Waals surface area (Å²) in [6, 6.07) is 0. The maximum absolute atomic E-state index is 11.9. The number of halogens is 1. The second kappa shape index (κ2) is 3.37.